The van der Waals surface area contributed by atoms with Crippen molar-refractivity contribution < 1.29 is 9.90 Å². The van der Waals surface area contributed by atoms with Crippen molar-refractivity contribution >= 4 is 34.8 Å². The molecule has 6 heteroatoms. The number of carbonyl (C=O) groups is 1. The van der Waals surface area contributed by atoms with Gasteiger partial charge in [-0.3, -0.25) is 4.79 Å². The molecule has 1 amide bonds. The normalized spacial score (nSPS) is 12.2. The van der Waals surface area contributed by atoms with Gasteiger partial charge >= 0.3 is 0 Å². The van der Waals surface area contributed by atoms with Gasteiger partial charge in [-0.1, -0.05) is 30.1 Å². The van der Waals surface area contributed by atoms with Gasteiger partial charge in [-0.15, -0.1) is 0 Å². The lowest BCUT2D eigenvalue weighted by Gasteiger charge is -2.11. The molecule has 0 saturated carbocycles. The molecule has 1 aromatic rings. The quantitative estimate of drug-likeness (QED) is 0.736. The van der Waals surface area contributed by atoms with Crippen LogP contribution in [0.25, 0.3) is 0 Å². The standard InChI is InChI=1S/C11H14Cl2N2O2/c1-6(5-16)4-15-11(17)8-2-7(14)3-9(12)10(8)13/h2-3,6,16H,4-5,14H2,1H3,(H,15,17). The van der Waals surface area contributed by atoms with Crippen LogP contribution in [0, 0.1) is 5.92 Å². The van der Waals surface area contributed by atoms with Gasteiger partial charge in [0.2, 0.25) is 0 Å². The Morgan fingerprint density at radius 2 is 2.18 bits per heavy atom. The van der Waals surface area contributed by atoms with Crippen LogP contribution in [-0.4, -0.2) is 24.2 Å². The lowest BCUT2D eigenvalue weighted by molar-refractivity contribution is 0.0942. The Morgan fingerprint density at radius 3 is 2.76 bits per heavy atom. The smallest absolute Gasteiger partial charge is 0.252 e. The SMILES string of the molecule is CC(CO)CNC(=O)c1cc(N)cc(Cl)c1Cl. The van der Waals surface area contributed by atoms with E-state index in [1.807, 2.05) is 6.92 Å². The van der Waals surface area contributed by atoms with Crippen LogP contribution in [0.5, 0.6) is 0 Å². The third-order valence-corrected chi connectivity index (χ3v) is 3.02. The van der Waals surface area contributed by atoms with Crippen LogP contribution in [0.1, 0.15) is 17.3 Å². The van der Waals surface area contributed by atoms with E-state index in [-0.39, 0.29) is 34.0 Å². The van der Waals surface area contributed by atoms with E-state index < -0.39 is 0 Å². The average Bonchev–Trinajstić information content (AvgIpc) is 2.30. The second kappa shape index (κ2) is 6.10. The molecule has 1 unspecified atom stereocenters. The zero-order valence-corrected chi connectivity index (χ0v) is 10.8. The zero-order valence-electron chi connectivity index (χ0n) is 9.34. The van der Waals surface area contributed by atoms with Crippen molar-refractivity contribution in [1.29, 1.82) is 0 Å². The summed E-state index contributed by atoms with van der Waals surface area (Å²) in [4.78, 5) is 11.8. The highest BCUT2D eigenvalue weighted by Gasteiger charge is 2.14. The highest BCUT2D eigenvalue weighted by atomic mass is 35.5. The van der Waals surface area contributed by atoms with Gasteiger partial charge < -0.3 is 16.2 Å². The number of rotatable bonds is 4. The van der Waals surface area contributed by atoms with E-state index in [1.54, 1.807) is 0 Å². The molecule has 0 aliphatic carbocycles. The molecular weight excluding hydrogens is 263 g/mol. The topological polar surface area (TPSA) is 75.3 Å². The van der Waals surface area contributed by atoms with E-state index in [0.717, 1.165) is 0 Å². The third kappa shape index (κ3) is 3.77. The van der Waals surface area contributed by atoms with E-state index in [4.69, 9.17) is 34.0 Å². The van der Waals surface area contributed by atoms with E-state index >= 15 is 0 Å². The molecule has 0 aliphatic rings. The van der Waals surface area contributed by atoms with Crippen molar-refractivity contribution in [3.05, 3.63) is 27.7 Å². The Hall–Kier alpha value is -0.970. The fourth-order valence-corrected chi connectivity index (χ4v) is 1.62. The summed E-state index contributed by atoms with van der Waals surface area (Å²) in [5, 5.41) is 11.9. The van der Waals surface area contributed by atoms with Crippen LogP contribution in [0.15, 0.2) is 12.1 Å². The summed E-state index contributed by atoms with van der Waals surface area (Å²) in [5.41, 5.74) is 6.20. The van der Waals surface area contributed by atoms with Crippen LogP contribution in [-0.2, 0) is 0 Å². The summed E-state index contributed by atoms with van der Waals surface area (Å²) in [6.45, 7) is 2.18. The van der Waals surface area contributed by atoms with Gasteiger partial charge in [-0.05, 0) is 18.1 Å². The van der Waals surface area contributed by atoms with Crippen molar-refractivity contribution in [1.82, 2.24) is 5.32 Å². The maximum absolute atomic E-state index is 11.8. The number of anilines is 1. The van der Waals surface area contributed by atoms with E-state index in [2.05, 4.69) is 5.32 Å². The van der Waals surface area contributed by atoms with E-state index in [0.29, 0.717) is 12.2 Å². The van der Waals surface area contributed by atoms with Crippen molar-refractivity contribution in [2.45, 2.75) is 6.92 Å². The first-order chi connectivity index (χ1) is 7.95. The lowest BCUT2D eigenvalue weighted by Crippen LogP contribution is -2.29. The largest absolute Gasteiger partial charge is 0.399 e. The highest BCUT2D eigenvalue weighted by molar-refractivity contribution is 6.44. The minimum absolute atomic E-state index is 0.00565. The van der Waals surface area contributed by atoms with E-state index in [1.165, 1.54) is 12.1 Å². The number of benzene rings is 1. The first-order valence-electron chi connectivity index (χ1n) is 5.09. The maximum Gasteiger partial charge on any atom is 0.252 e. The second-order valence-electron chi connectivity index (χ2n) is 3.86. The third-order valence-electron chi connectivity index (χ3n) is 2.22. The summed E-state index contributed by atoms with van der Waals surface area (Å²) in [6.07, 6.45) is 0. The van der Waals surface area contributed by atoms with E-state index in [9.17, 15) is 4.79 Å². The average molecular weight is 277 g/mol. The number of carbonyl (C=O) groups excluding carboxylic acids is 1. The Bertz CT molecular complexity index is 424. The van der Waals surface area contributed by atoms with Crippen LogP contribution >= 0.6 is 23.2 Å². The van der Waals surface area contributed by atoms with Gasteiger partial charge in [0.25, 0.3) is 5.91 Å². The van der Waals surface area contributed by atoms with Crippen LogP contribution in [0.3, 0.4) is 0 Å². The fraction of sp³-hybridized carbons (Fsp3) is 0.364. The molecule has 0 heterocycles. The van der Waals surface area contributed by atoms with Crippen molar-refractivity contribution in [3.63, 3.8) is 0 Å². The van der Waals surface area contributed by atoms with Crippen molar-refractivity contribution in [2.75, 3.05) is 18.9 Å². The predicted molar refractivity (Wildman–Crippen MR) is 69.5 cm³/mol. The summed E-state index contributed by atoms with van der Waals surface area (Å²) in [6, 6.07) is 2.95. The molecule has 1 atom stereocenters. The Labute approximate surface area is 110 Å². The molecule has 4 N–H and O–H groups in total. The summed E-state index contributed by atoms with van der Waals surface area (Å²) < 4.78 is 0. The molecule has 0 aliphatic heterocycles. The molecule has 1 rings (SSSR count). The molecule has 0 aromatic heterocycles. The van der Waals surface area contributed by atoms with Crippen molar-refractivity contribution in [2.24, 2.45) is 5.92 Å². The first-order valence-corrected chi connectivity index (χ1v) is 5.85. The number of aliphatic hydroxyl groups is 1. The molecule has 94 valence electrons. The minimum Gasteiger partial charge on any atom is -0.399 e. The monoisotopic (exact) mass is 276 g/mol. The molecule has 1 aromatic carbocycles. The first kappa shape index (κ1) is 14.1. The lowest BCUT2D eigenvalue weighted by atomic mass is 10.1. The molecule has 0 spiro atoms. The van der Waals surface area contributed by atoms with Crippen LogP contribution < -0.4 is 11.1 Å². The Balaban J connectivity index is 2.82. The number of amides is 1. The highest BCUT2D eigenvalue weighted by Crippen LogP contribution is 2.28. The van der Waals surface area contributed by atoms with Crippen molar-refractivity contribution in [3.8, 4) is 0 Å². The van der Waals surface area contributed by atoms with Crippen LogP contribution in [0.2, 0.25) is 10.0 Å². The molecule has 0 fully saturated rings. The van der Waals surface area contributed by atoms with Gasteiger partial charge in [0, 0.05) is 18.8 Å². The molecule has 0 saturated heterocycles. The number of aliphatic hydroxyl groups excluding tert-OH is 1. The summed E-state index contributed by atoms with van der Waals surface area (Å²) >= 11 is 11.7. The minimum atomic E-state index is -0.357. The predicted octanol–water partition coefficient (Wildman–Crippen LogP) is 1.93. The van der Waals surface area contributed by atoms with Gasteiger partial charge in [0.15, 0.2) is 0 Å². The summed E-state index contributed by atoms with van der Waals surface area (Å²) in [7, 11) is 0. The number of hydrogen-bond acceptors (Lipinski definition) is 3. The number of nitrogens with two attached hydrogens (primary N) is 1. The number of halogens is 2. The number of hydrogen-bond donors (Lipinski definition) is 3. The molecule has 0 radical (unpaired) electrons. The molecule has 0 bridgehead atoms. The Morgan fingerprint density at radius 1 is 1.53 bits per heavy atom. The molecule has 4 nitrogen and oxygen atoms in total. The van der Waals surface area contributed by atoms with Gasteiger partial charge in [0.05, 0.1) is 15.6 Å². The maximum atomic E-state index is 11.8. The zero-order chi connectivity index (χ0) is 13.0. The fourth-order valence-electron chi connectivity index (χ4n) is 1.20. The molecule has 17 heavy (non-hydrogen) atoms. The van der Waals surface area contributed by atoms with Crippen LogP contribution in [0.4, 0.5) is 5.69 Å². The van der Waals surface area contributed by atoms with Gasteiger partial charge in [0.1, 0.15) is 0 Å². The van der Waals surface area contributed by atoms with Gasteiger partial charge in [-0.25, -0.2) is 0 Å². The molecular formula is C11H14Cl2N2O2. The Kier molecular flexibility index (Phi) is 5.05. The second-order valence-corrected chi connectivity index (χ2v) is 4.65. The number of nitrogens with one attached hydrogen (secondary N) is 1. The van der Waals surface area contributed by atoms with Gasteiger partial charge in [-0.2, -0.15) is 0 Å². The summed E-state index contributed by atoms with van der Waals surface area (Å²) in [5.74, 6) is -0.376. The number of nitrogen functional groups attached to an aromatic ring is 1.